The van der Waals surface area contributed by atoms with Gasteiger partial charge in [-0.3, -0.25) is 9.59 Å². The molecule has 2 aromatic carbocycles. The number of aryl methyl sites for hydroxylation is 2. The van der Waals surface area contributed by atoms with Gasteiger partial charge in [-0.2, -0.15) is 0 Å². The Labute approximate surface area is 154 Å². The normalized spacial score (nSPS) is 22.0. The molecule has 1 fully saturated rings. The maximum Gasteiger partial charge on any atom is 0.299 e. The molecule has 1 amide bonds. The molecule has 1 saturated heterocycles. The number of hydrogen-bond donors (Lipinski definition) is 0. The molecule has 0 N–H and O–H groups in total. The third kappa shape index (κ3) is 2.74. The van der Waals surface area contributed by atoms with Gasteiger partial charge >= 0.3 is 0 Å². The molecule has 2 aliphatic heterocycles. The highest BCUT2D eigenvalue weighted by atomic mass is 16.2. The predicted octanol–water partition coefficient (Wildman–Crippen LogP) is 3.32. The Balaban J connectivity index is 1.72. The fourth-order valence-corrected chi connectivity index (χ4v) is 4.28. The van der Waals surface area contributed by atoms with E-state index >= 15 is 0 Å². The summed E-state index contributed by atoms with van der Waals surface area (Å²) in [6.07, 6.45) is 0.891. The van der Waals surface area contributed by atoms with Crippen LogP contribution in [0.15, 0.2) is 42.5 Å². The number of fused-ring (bicyclic) bond motifs is 3. The van der Waals surface area contributed by atoms with E-state index in [0.29, 0.717) is 5.56 Å². The van der Waals surface area contributed by atoms with Crippen molar-refractivity contribution in [2.45, 2.75) is 32.2 Å². The second kappa shape index (κ2) is 6.36. The first-order chi connectivity index (χ1) is 12.5. The lowest BCUT2D eigenvalue weighted by atomic mass is 9.88. The summed E-state index contributed by atoms with van der Waals surface area (Å²) in [6.45, 7) is 5.91. The first-order valence-electron chi connectivity index (χ1n) is 9.19. The second-order valence-electron chi connectivity index (χ2n) is 7.66. The number of likely N-dealkylation sites (tertiary alicyclic amines) is 1. The number of nitrogens with zero attached hydrogens (tertiary/aromatic N) is 2. The summed E-state index contributed by atoms with van der Waals surface area (Å²) in [7, 11) is 2.12. The van der Waals surface area contributed by atoms with Crippen LogP contribution in [0.3, 0.4) is 0 Å². The molecule has 0 spiro atoms. The number of rotatable bonds is 2. The summed E-state index contributed by atoms with van der Waals surface area (Å²) in [5.74, 6) is -0.550. The van der Waals surface area contributed by atoms with E-state index in [-0.39, 0.29) is 12.0 Å². The van der Waals surface area contributed by atoms with Crippen molar-refractivity contribution in [3.8, 4) is 0 Å². The quantitative estimate of drug-likeness (QED) is 0.617. The molecule has 2 heterocycles. The van der Waals surface area contributed by atoms with Crippen molar-refractivity contribution in [3.05, 3.63) is 64.7 Å². The molecule has 2 aliphatic rings. The van der Waals surface area contributed by atoms with Crippen LogP contribution in [0.25, 0.3) is 0 Å². The van der Waals surface area contributed by atoms with E-state index in [4.69, 9.17) is 0 Å². The van der Waals surface area contributed by atoms with E-state index < -0.39 is 11.7 Å². The highest BCUT2D eigenvalue weighted by molar-refractivity contribution is 6.47. The van der Waals surface area contributed by atoms with Crippen molar-refractivity contribution >= 4 is 17.4 Å². The lowest BCUT2D eigenvalue weighted by molar-refractivity contribution is -0.115. The number of Topliss-reactive ketones (excluding diaryl/α,β-unsaturated/α-hetero) is 1. The smallest absolute Gasteiger partial charge is 0.299 e. The third-order valence-corrected chi connectivity index (χ3v) is 5.68. The van der Waals surface area contributed by atoms with Gasteiger partial charge in [-0.1, -0.05) is 47.5 Å². The Morgan fingerprint density at radius 3 is 2.42 bits per heavy atom. The molecular weight excluding hydrogens is 324 g/mol. The molecule has 26 heavy (non-hydrogen) atoms. The Kier molecular flexibility index (Phi) is 4.16. The summed E-state index contributed by atoms with van der Waals surface area (Å²) in [5.41, 5.74) is 4.84. The van der Waals surface area contributed by atoms with E-state index in [1.165, 1.54) is 11.1 Å². The van der Waals surface area contributed by atoms with Gasteiger partial charge in [0.05, 0.1) is 0 Å². The average Bonchev–Trinajstić information content (AvgIpc) is 2.94. The van der Waals surface area contributed by atoms with Crippen LogP contribution in [-0.4, -0.2) is 42.8 Å². The van der Waals surface area contributed by atoms with Crippen molar-refractivity contribution in [2.75, 3.05) is 25.0 Å². The lowest BCUT2D eigenvalue weighted by Gasteiger charge is -2.36. The van der Waals surface area contributed by atoms with Crippen LogP contribution in [0.4, 0.5) is 5.69 Å². The largest absolute Gasteiger partial charge is 0.306 e. The van der Waals surface area contributed by atoms with Gasteiger partial charge in [0.1, 0.15) is 0 Å². The predicted molar refractivity (Wildman–Crippen MR) is 103 cm³/mol. The summed E-state index contributed by atoms with van der Waals surface area (Å²) in [4.78, 5) is 30.1. The topological polar surface area (TPSA) is 40.6 Å². The minimum Gasteiger partial charge on any atom is -0.306 e. The van der Waals surface area contributed by atoms with Crippen LogP contribution in [0.2, 0.25) is 0 Å². The van der Waals surface area contributed by atoms with Crippen LogP contribution in [-0.2, 0) is 4.79 Å². The monoisotopic (exact) mass is 348 g/mol. The zero-order valence-electron chi connectivity index (χ0n) is 15.5. The van der Waals surface area contributed by atoms with Gasteiger partial charge in [0.15, 0.2) is 0 Å². The molecule has 2 atom stereocenters. The van der Waals surface area contributed by atoms with Gasteiger partial charge in [-0.25, -0.2) is 0 Å². The number of carbonyl (C=O) groups is 2. The zero-order valence-corrected chi connectivity index (χ0v) is 15.5. The summed E-state index contributed by atoms with van der Waals surface area (Å²) in [5, 5.41) is 0. The first-order valence-corrected chi connectivity index (χ1v) is 9.19. The number of amides is 1. The van der Waals surface area contributed by atoms with Crippen LogP contribution >= 0.6 is 0 Å². The van der Waals surface area contributed by atoms with Crippen molar-refractivity contribution in [2.24, 2.45) is 0 Å². The van der Waals surface area contributed by atoms with Crippen molar-refractivity contribution < 1.29 is 9.59 Å². The van der Waals surface area contributed by atoms with Crippen molar-refractivity contribution in [1.29, 1.82) is 0 Å². The summed E-state index contributed by atoms with van der Waals surface area (Å²) < 4.78 is 0. The molecular formula is C22H24N2O2. The van der Waals surface area contributed by atoms with Crippen molar-refractivity contribution in [1.82, 2.24) is 4.90 Å². The molecule has 2 aromatic rings. The first kappa shape index (κ1) is 17.0. The molecule has 4 rings (SSSR count). The molecule has 0 unspecified atom stereocenters. The van der Waals surface area contributed by atoms with E-state index in [1.807, 2.05) is 31.2 Å². The molecule has 0 bridgehead atoms. The minimum absolute atomic E-state index is 0.0740. The fraction of sp³-hybridized carbons (Fsp3) is 0.364. The highest BCUT2D eigenvalue weighted by Gasteiger charge is 2.45. The van der Waals surface area contributed by atoms with E-state index in [0.717, 1.165) is 30.8 Å². The van der Waals surface area contributed by atoms with E-state index in [9.17, 15) is 9.59 Å². The summed E-state index contributed by atoms with van der Waals surface area (Å²) >= 11 is 0. The molecule has 134 valence electrons. The van der Waals surface area contributed by atoms with E-state index in [2.05, 4.69) is 24.9 Å². The van der Waals surface area contributed by atoms with Gasteiger partial charge < -0.3 is 9.80 Å². The third-order valence-electron chi connectivity index (χ3n) is 5.68. The molecule has 0 saturated carbocycles. The number of benzene rings is 2. The van der Waals surface area contributed by atoms with Gasteiger partial charge in [-0.05, 0) is 45.5 Å². The minimum atomic E-state index is -0.420. The number of hydrogen-bond acceptors (Lipinski definition) is 3. The van der Waals surface area contributed by atoms with Gasteiger partial charge in [0.25, 0.3) is 11.7 Å². The van der Waals surface area contributed by atoms with Crippen LogP contribution in [0, 0.1) is 13.8 Å². The Morgan fingerprint density at radius 1 is 1.00 bits per heavy atom. The van der Waals surface area contributed by atoms with Crippen molar-refractivity contribution in [3.63, 3.8) is 0 Å². The SMILES string of the molecule is Cc1ccc(C(=O)C(=O)N2c3ccc(C)cc3[C@H]3CN(C)CC[C@H]32)cc1. The molecule has 0 aliphatic carbocycles. The van der Waals surface area contributed by atoms with Crippen LogP contribution in [0.5, 0.6) is 0 Å². The van der Waals surface area contributed by atoms with Crippen LogP contribution in [0.1, 0.15) is 39.4 Å². The zero-order chi connectivity index (χ0) is 18.4. The Morgan fingerprint density at radius 2 is 1.69 bits per heavy atom. The Hall–Kier alpha value is -2.46. The van der Waals surface area contributed by atoms with E-state index in [1.54, 1.807) is 17.0 Å². The maximum atomic E-state index is 13.2. The number of ketones is 1. The average molecular weight is 348 g/mol. The molecule has 0 aromatic heterocycles. The van der Waals surface area contributed by atoms with Gasteiger partial charge in [0, 0.05) is 29.8 Å². The number of likely N-dealkylation sites (N-methyl/N-ethyl adjacent to an activating group) is 1. The Bertz CT molecular complexity index is 872. The summed E-state index contributed by atoms with van der Waals surface area (Å²) in [6, 6.07) is 13.5. The number of carbonyl (C=O) groups excluding carboxylic acids is 2. The second-order valence-corrected chi connectivity index (χ2v) is 7.66. The van der Waals surface area contributed by atoms with Crippen LogP contribution < -0.4 is 4.90 Å². The maximum absolute atomic E-state index is 13.2. The highest BCUT2D eigenvalue weighted by Crippen LogP contribution is 2.45. The number of anilines is 1. The lowest BCUT2D eigenvalue weighted by Crippen LogP contribution is -2.49. The molecule has 4 heteroatoms. The molecule has 0 radical (unpaired) electrons. The standard InChI is InChI=1S/C22H24N2O2/c1-14-4-7-16(8-5-14)21(25)22(26)24-19-9-6-15(2)12-17(19)18-13-23(3)11-10-20(18)24/h4-9,12,18,20H,10-11,13H2,1-3H3/t18-,20-/m1/s1. The van der Waals surface area contributed by atoms with Gasteiger partial charge in [-0.15, -0.1) is 0 Å². The number of piperidine rings is 1. The van der Waals surface area contributed by atoms with Gasteiger partial charge in [0.2, 0.25) is 0 Å². The fourth-order valence-electron chi connectivity index (χ4n) is 4.28. The molecule has 4 nitrogen and oxygen atoms in total.